The van der Waals surface area contributed by atoms with Crippen LogP contribution in [-0.2, 0) is 16.1 Å². The first-order valence-corrected chi connectivity index (χ1v) is 9.24. The Morgan fingerprint density at radius 3 is 2.67 bits per heavy atom. The van der Waals surface area contributed by atoms with E-state index in [-0.39, 0.29) is 5.97 Å². The zero-order chi connectivity index (χ0) is 19.3. The summed E-state index contributed by atoms with van der Waals surface area (Å²) in [6, 6.07) is 9.81. The van der Waals surface area contributed by atoms with Crippen LogP contribution in [0.1, 0.15) is 37.8 Å². The molecular weight excluding hydrogens is 344 g/mol. The molecule has 7 heteroatoms. The van der Waals surface area contributed by atoms with Crippen LogP contribution < -0.4 is 10.6 Å². The minimum absolute atomic E-state index is 0.138. The first-order chi connectivity index (χ1) is 13.2. The number of ether oxygens (including phenoxy) is 1. The topological polar surface area (TPSA) is 88.8 Å². The maximum absolute atomic E-state index is 11.0. The average Bonchev–Trinajstić information content (AvgIpc) is 3.19. The van der Waals surface area contributed by atoms with E-state index in [4.69, 9.17) is 4.42 Å². The van der Waals surface area contributed by atoms with Crippen LogP contribution in [0.3, 0.4) is 0 Å². The van der Waals surface area contributed by atoms with E-state index in [1.54, 1.807) is 13.3 Å². The van der Waals surface area contributed by atoms with Gasteiger partial charge in [0.1, 0.15) is 6.26 Å². The summed E-state index contributed by atoms with van der Waals surface area (Å²) in [5, 5.41) is 6.51. The van der Waals surface area contributed by atoms with Crippen molar-refractivity contribution in [1.29, 1.82) is 0 Å². The number of unbranched alkanes of at least 4 members (excludes halogenated alkanes) is 3. The normalized spacial score (nSPS) is 11.3. The van der Waals surface area contributed by atoms with Crippen LogP contribution >= 0.6 is 0 Å². The summed E-state index contributed by atoms with van der Waals surface area (Å²) in [5.74, 6) is 1.21. The van der Waals surface area contributed by atoms with E-state index in [1.807, 2.05) is 30.3 Å². The number of carbonyl (C=O) groups is 1. The van der Waals surface area contributed by atoms with Crippen LogP contribution in [0.4, 0.5) is 0 Å². The van der Waals surface area contributed by atoms with E-state index in [0.29, 0.717) is 18.9 Å². The Balaban J connectivity index is 1.63. The van der Waals surface area contributed by atoms with Crippen LogP contribution in [0.25, 0.3) is 11.5 Å². The molecule has 0 unspecified atom stereocenters. The van der Waals surface area contributed by atoms with Crippen molar-refractivity contribution in [2.75, 3.05) is 20.7 Å². The highest BCUT2D eigenvalue weighted by molar-refractivity contribution is 5.79. The van der Waals surface area contributed by atoms with E-state index in [0.717, 1.165) is 49.4 Å². The Morgan fingerprint density at radius 1 is 1.15 bits per heavy atom. The van der Waals surface area contributed by atoms with Crippen molar-refractivity contribution in [3.63, 3.8) is 0 Å². The van der Waals surface area contributed by atoms with Crippen molar-refractivity contribution in [1.82, 2.24) is 15.6 Å². The lowest BCUT2D eigenvalue weighted by atomic mass is 10.1. The van der Waals surface area contributed by atoms with E-state index in [9.17, 15) is 4.79 Å². The third-order valence-corrected chi connectivity index (χ3v) is 4.06. The standard InChI is InChI=1S/C20H28N4O3/c1-21-20(22-13-9-4-3-8-12-18(25)26-2)23-14-17-15-27-19(24-17)16-10-6-5-7-11-16/h5-7,10-11,15H,3-4,8-9,12-14H2,1-2H3,(H2,21,22,23). The monoisotopic (exact) mass is 372 g/mol. The van der Waals surface area contributed by atoms with Gasteiger partial charge in [-0.05, 0) is 25.0 Å². The maximum Gasteiger partial charge on any atom is 0.305 e. The third-order valence-electron chi connectivity index (χ3n) is 4.06. The number of oxazole rings is 1. The van der Waals surface area contributed by atoms with Crippen molar-refractivity contribution >= 4 is 11.9 Å². The minimum atomic E-state index is -0.138. The van der Waals surface area contributed by atoms with Gasteiger partial charge < -0.3 is 19.8 Å². The van der Waals surface area contributed by atoms with Crippen molar-refractivity contribution in [3.05, 3.63) is 42.3 Å². The lowest BCUT2D eigenvalue weighted by molar-refractivity contribution is -0.140. The van der Waals surface area contributed by atoms with E-state index >= 15 is 0 Å². The number of methoxy groups -OCH3 is 1. The molecule has 0 saturated heterocycles. The van der Waals surface area contributed by atoms with Gasteiger partial charge in [-0.15, -0.1) is 0 Å². The molecular formula is C20H28N4O3. The molecule has 0 saturated carbocycles. The molecule has 0 amide bonds. The Kier molecular flexibility index (Phi) is 8.89. The van der Waals surface area contributed by atoms with Gasteiger partial charge in [0.25, 0.3) is 0 Å². The zero-order valence-electron chi connectivity index (χ0n) is 16.0. The van der Waals surface area contributed by atoms with Gasteiger partial charge in [0.15, 0.2) is 5.96 Å². The molecule has 2 N–H and O–H groups in total. The molecule has 2 aromatic rings. The molecule has 0 aliphatic rings. The molecule has 0 aliphatic carbocycles. The number of hydrogen-bond acceptors (Lipinski definition) is 5. The summed E-state index contributed by atoms with van der Waals surface area (Å²) in [7, 11) is 3.16. The third kappa shape index (κ3) is 7.52. The zero-order valence-corrected chi connectivity index (χ0v) is 16.0. The summed E-state index contributed by atoms with van der Waals surface area (Å²) in [4.78, 5) is 19.7. The molecule has 0 bridgehead atoms. The van der Waals surface area contributed by atoms with Crippen molar-refractivity contribution in [2.45, 2.75) is 38.6 Å². The van der Waals surface area contributed by atoms with E-state index < -0.39 is 0 Å². The molecule has 1 aromatic carbocycles. The second-order valence-corrected chi connectivity index (χ2v) is 6.10. The number of nitrogens with zero attached hydrogens (tertiary/aromatic N) is 2. The molecule has 1 heterocycles. The number of carbonyl (C=O) groups excluding carboxylic acids is 1. The van der Waals surface area contributed by atoms with Gasteiger partial charge >= 0.3 is 5.97 Å². The first-order valence-electron chi connectivity index (χ1n) is 9.24. The van der Waals surface area contributed by atoms with Gasteiger partial charge in [-0.3, -0.25) is 9.79 Å². The number of aliphatic imine (C=N–C) groups is 1. The average molecular weight is 372 g/mol. The molecule has 2 rings (SSSR count). The second kappa shape index (κ2) is 11.7. The Morgan fingerprint density at radius 2 is 1.93 bits per heavy atom. The molecule has 0 atom stereocenters. The SMILES string of the molecule is CN=C(NCCCCCCC(=O)OC)NCc1coc(-c2ccccc2)n1. The van der Waals surface area contributed by atoms with Gasteiger partial charge in [-0.25, -0.2) is 4.98 Å². The Hall–Kier alpha value is -2.83. The number of hydrogen-bond donors (Lipinski definition) is 2. The van der Waals surface area contributed by atoms with Gasteiger partial charge in [-0.2, -0.15) is 0 Å². The highest BCUT2D eigenvalue weighted by Gasteiger charge is 2.07. The largest absolute Gasteiger partial charge is 0.469 e. The van der Waals surface area contributed by atoms with Crippen LogP contribution in [-0.4, -0.2) is 37.6 Å². The van der Waals surface area contributed by atoms with Crippen LogP contribution in [0.2, 0.25) is 0 Å². The lowest BCUT2D eigenvalue weighted by Gasteiger charge is -2.10. The summed E-state index contributed by atoms with van der Waals surface area (Å²) in [5.41, 5.74) is 1.78. The number of esters is 1. The number of rotatable bonds is 10. The highest BCUT2D eigenvalue weighted by atomic mass is 16.5. The van der Waals surface area contributed by atoms with Gasteiger partial charge in [0.05, 0.1) is 19.3 Å². The molecule has 0 aliphatic heterocycles. The Labute approximate surface area is 160 Å². The molecule has 27 heavy (non-hydrogen) atoms. The molecule has 146 valence electrons. The second-order valence-electron chi connectivity index (χ2n) is 6.10. The van der Waals surface area contributed by atoms with Crippen LogP contribution in [0, 0.1) is 0 Å². The fraction of sp³-hybridized carbons (Fsp3) is 0.450. The van der Waals surface area contributed by atoms with Gasteiger partial charge in [-0.1, -0.05) is 31.0 Å². The van der Waals surface area contributed by atoms with Crippen molar-refractivity contribution in [2.24, 2.45) is 4.99 Å². The fourth-order valence-corrected chi connectivity index (χ4v) is 2.55. The first kappa shape index (κ1) is 20.5. The molecule has 0 spiro atoms. The number of aromatic nitrogens is 1. The van der Waals surface area contributed by atoms with Gasteiger partial charge in [0.2, 0.25) is 5.89 Å². The van der Waals surface area contributed by atoms with Crippen LogP contribution in [0.15, 0.2) is 46.0 Å². The Bertz CT molecular complexity index is 713. The van der Waals surface area contributed by atoms with E-state index in [2.05, 4.69) is 25.3 Å². The van der Waals surface area contributed by atoms with Crippen LogP contribution in [0.5, 0.6) is 0 Å². The molecule has 0 radical (unpaired) electrons. The quantitative estimate of drug-likeness (QED) is 0.288. The van der Waals surface area contributed by atoms with Gasteiger partial charge in [0, 0.05) is 25.6 Å². The minimum Gasteiger partial charge on any atom is -0.469 e. The smallest absolute Gasteiger partial charge is 0.305 e. The number of nitrogens with one attached hydrogen (secondary N) is 2. The van der Waals surface area contributed by atoms with Crippen molar-refractivity contribution in [3.8, 4) is 11.5 Å². The highest BCUT2D eigenvalue weighted by Crippen LogP contribution is 2.17. The molecule has 7 nitrogen and oxygen atoms in total. The summed E-state index contributed by atoms with van der Waals surface area (Å²) in [6.07, 6.45) is 6.12. The number of guanidine groups is 1. The summed E-state index contributed by atoms with van der Waals surface area (Å²) >= 11 is 0. The summed E-state index contributed by atoms with van der Waals surface area (Å²) in [6.45, 7) is 1.36. The predicted octanol–water partition coefficient (Wildman–Crippen LogP) is 3.13. The maximum atomic E-state index is 11.0. The molecule has 1 aromatic heterocycles. The predicted molar refractivity (Wildman–Crippen MR) is 105 cm³/mol. The fourth-order valence-electron chi connectivity index (χ4n) is 2.55. The lowest BCUT2D eigenvalue weighted by Crippen LogP contribution is -2.37. The molecule has 0 fully saturated rings. The number of benzene rings is 1. The summed E-state index contributed by atoms with van der Waals surface area (Å²) < 4.78 is 10.2. The van der Waals surface area contributed by atoms with Crippen molar-refractivity contribution < 1.29 is 13.9 Å². The van der Waals surface area contributed by atoms with E-state index in [1.165, 1.54) is 7.11 Å².